The van der Waals surface area contributed by atoms with Crippen LogP contribution in [-0.2, 0) is 6.54 Å². The minimum Gasteiger partial charge on any atom is -0.493 e. The van der Waals surface area contributed by atoms with Crippen molar-refractivity contribution in [1.82, 2.24) is 15.3 Å². The molecule has 0 bridgehead atoms. The summed E-state index contributed by atoms with van der Waals surface area (Å²) in [6.07, 6.45) is 3.09. The van der Waals surface area contributed by atoms with E-state index in [1.807, 2.05) is 36.9 Å². The average molecular weight is 344 g/mol. The maximum absolute atomic E-state index is 12.3. The molecule has 0 aliphatic carbocycles. The second-order valence-electron chi connectivity index (χ2n) is 5.32. The SMILES string of the molecule is CCN(CC)c1ncc(C(=O)NCc2ccc(OC)c(OC)c2)cn1. The second kappa shape index (κ2) is 8.86. The Labute approximate surface area is 148 Å². The third-order valence-corrected chi connectivity index (χ3v) is 3.85. The molecule has 1 heterocycles. The third kappa shape index (κ3) is 4.59. The van der Waals surface area contributed by atoms with Crippen molar-refractivity contribution in [1.29, 1.82) is 0 Å². The number of benzene rings is 1. The largest absolute Gasteiger partial charge is 0.493 e. The first kappa shape index (κ1) is 18.5. The molecule has 1 aromatic heterocycles. The van der Waals surface area contributed by atoms with Crippen LogP contribution < -0.4 is 19.7 Å². The number of methoxy groups -OCH3 is 2. The van der Waals surface area contributed by atoms with Gasteiger partial charge < -0.3 is 19.7 Å². The topological polar surface area (TPSA) is 76.6 Å². The maximum atomic E-state index is 12.3. The molecule has 2 aromatic rings. The molecule has 0 aliphatic rings. The first-order chi connectivity index (χ1) is 12.1. The van der Waals surface area contributed by atoms with Crippen LogP contribution in [0, 0.1) is 0 Å². The van der Waals surface area contributed by atoms with Gasteiger partial charge in [0.25, 0.3) is 5.91 Å². The Morgan fingerprint density at radius 2 is 1.72 bits per heavy atom. The summed E-state index contributed by atoms with van der Waals surface area (Å²) < 4.78 is 10.5. The van der Waals surface area contributed by atoms with Gasteiger partial charge in [0.05, 0.1) is 19.8 Å². The van der Waals surface area contributed by atoms with Gasteiger partial charge in [0.15, 0.2) is 11.5 Å². The zero-order valence-electron chi connectivity index (χ0n) is 15.1. The highest BCUT2D eigenvalue weighted by atomic mass is 16.5. The fourth-order valence-electron chi connectivity index (χ4n) is 2.38. The second-order valence-corrected chi connectivity index (χ2v) is 5.32. The predicted molar refractivity (Wildman–Crippen MR) is 96.3 cm³/mol. The summed E-state index contributed by atoms with van der Waals surface area (Å²) in [6.45, 7) is 6.09. The van der Waals surface area contributed by atoms with Crippen LogP contribution in [0.2, 0.25) is 0 Å². The van der Waals surface area contributed by atoms with Crippen molar-refractivity contribution in [2.75, 3.05) is 32.2 Å². The molecule has 2 rings (SSSR count). The first-order valence-corrected chi connectivity index (χ1v) is 8.19. The smallest absolute Gasteiger partial charge is 0.254 e. The number of aromatic nitrogens is 2. The van der Waals surface area contributed by atoms with Crippen molar-refractivity contribution >= 4 is 11.9 Å². The number of nitrogens with one attached hydrogen (secondary N) is 1. The Bertz CT molecular complexity index is 700. The third-order valence-electron chi connectivity index (χ3n) is 3.85. The Hall–Kier alpha value is -2.83. The molecule has 0 atom stereocenters. The molecular weight excluding hydrogens is 320 g/mol. The quantitative estimate of drug-likeness (QED) is 0.792. The van der Waals surface area contributed by atoms with Crippen molar-refractivity contribution < 1.29 is 14.3 Å². The number of carbonyl (C=O) groups excluding carboxylic acids is 1. The predicted octanol–water partition coefficient (Wildman–Crippen LogP) is 2.27. The fourth-order valence-corrected chi connectivity index (χ4v) is 2.38. The van der Waals surface area contributed by atoms with Gasteiger partial charge in [-0.25, -0.2) is 9.97 Å². The van der Waals surface area contributed by atoms with Crippen LogP contribution in [0.4, 0.5) is 5.95 Å². The highest BCUT2D eigenvalue weighted by Gasteiger charge is 2.10. The van der Waals surface area contributed by atoms with E-state index in [9.17, 15) is 4.79 Å². The number of ether oxygens (including phenoxy) is 2. The summed E-state index contributed by atoms with van der Waals surface area (Å²) in [7, 11) is 3.16. The number of anilines is 1. The molecule has 1 aromatic carbocycles. The van der Waals surface area contributed by atoms with Gasteiger partial charge >= 0.3 is 0 Å². The molecule has 134 valence electrons. The summed E-state index contributed by atoms with van der Waals surface area (Å²) in [4.78, 5) is 22.8. The van der Waals surface area contributed by atoms with Gasteiger partial charge in [-0.3, -0.25) is 4.79 Å². The lowest BCUT2D eigenvalue weighted by Gasteiger charge is -2.18. The van der Waals surface area contributed by atoms with Crippen molar-refractivity contribution in [3.05, 3.63) is 41.7 Å². The van der Waals surface area contributed by atoms with E-state index >= 15 is 0 Å². The maximum Gasteiger partial charge on any atom is 0.254 e. The normalized spacial score (nSPS) is 10.2. The van der Waals surface area contributed by atoms with E-state index in [1.165, 1.54) is 0 Å². The summed E-state index contributed by atoms with van der Waals surface area (Å²) >= 11 is 0. The van der Waals surface area contributed by atoms with Crippen molar-refractivity contribution in [3.63, 3.8) is 0 Å². The van der Waals surface area contributed by atoms with Crippen LogP contribution in [0.5, 0.6) is 11.5 Å². The number of nitrogens with zero attached hydrogens (tertiary/aromatic N) is 3. The van der Waals surface area contributed by atoms with E-state index in [0.29, 0.717) is 29.6 Å². The van der Waals surface area contributed by atoms with Crippen molar-refractivity contribution in [2.24, 2.45) is 0 Å². The molecule has 0 fully saturated rings. The number of amides is 1. The van der Waals surface area contributed by atoms with E-state index in [1.54, 1.807) is 26.6 Å². The molecule has 0 saturated carbocycles. The zero-order valence-corrected chi connectivity index (χ0v) is 15.1. The van der Waals surface area contributed by atoms with Crippen molar-refractivity contribution in [2.45, 2.75) is 20.4 Å². The van der Waals surface area contributed by atoms with Gasteiger partial charge in [-0.15, -0.1) is 0 Å². The number of hydrogen-bond donors (Lipinski definition) is 1. The highest BCUT2D eigenvalue weighted by molar-refractivity contribution is 5.93. The van der Waals surface area contributed by atoms with E-state index in [0.717, 1.165) is 18.7 Å². The van der Waals surface area contributed by atoms with Crippen LogP contribution in [0.25, 0.3) is 0 Å². The summed E-state index contributed by atoms with van der Waals surface area (Å²) in [5.41, 5.74) is 1.34. The van der Waals surface area contributed by atoms with Gasteiger partial charge in [-0.1, -0.05) is 6.07 Å². The molecule has 1 N–H and O–H groups in total. The van der Waals surface area contributed by atoms with E-state index in [-0.39, 0.29) is 5.91 Å². The summed E-state index contributed by atoms with van der Waals surface area (Å²) in [5, 5.41) is 2.85. The number of carbonyl (C=O) groups is 1. The van der Waals surface area contributed by atoms with Gasteiger partial charge in [0, 0.05) is 32.0 Å². The summed E-state index contributed by atoms with van der Waals surface area (Å²) in [6, 6.07) is 5.52. The minimum atomic E-state index is -0.221. The first-order valence-electron chi connectivity index (χ1n) is 8.19. The van der Waals surface area contributed by atoms with E-state index in [2.05, 4.69) is 15.3 Å². The molecule has 0 aliphatic heterocycles. The van der Waals surface area contributed by atoms with Gasteiger partial charge in [0.1, 0.15) is 0 Å². The van der Waals surface area contributed by atoms with Crippen LogP contribution in [0.1, 0.15) is 29.8 Å². The Balaban J connectivity index is 2.00. The lowest BCUT2D eigenvalue weighted by atomic mass is 10.2. The minimum absolute atomic E-state index is 0.221. The molecule has 1 amide bonds. The van der Waals surface area contributed by atoms with E-state index in [4.69, 9.17) is 9.47 Å². The molecule has 0 spiro atoms. The van der Waals surface area contributed by atoms with Gasteiger partial charge in [-0.05, 0) is 31.5 Å². The molecule has 0 radical (unpaired) electrons. The van der Waals surface area contributed by atoms with Gasteiger partial charge in [0.2, 0.25) is 5.95 Å². The van der Waals surface area contributed by atoms with Crippen LogP contribution in [0.15, 0.2) is 30.6 Å². The monoisotopic (exact) mass is 344 g/mol. The van der Waals surface area contributed by atoms with Crippen molar-refractivity contribution in [3.8, 4) is 11.5 Å². The highest BCUT2D eigenvalue weighted by Crippen LogP contribution is 2.27. The number of hydrogen-bond acceptors (Lipinski definition) is 6. The Kier molecular flexibility index (Phi) is 6.56. The fraction of sp³-hybridized carbons (Fsp3) is 0.389. The number of rotatable bonds is 8. The molecule has 0 unspecified atom stereocenters. The average Bonchev–Trinajstić information content (AvgIpc) is 2.67. The molecule has 7 heteroatoms. The lowest BCUT2D eigenvalue weighted by Crippen LogP contribution is -2.26. The zero-order chi connectivity index (χ0) is 18.2. The van der Waals surface area contributed by atoms with Gasteiger partial charge in [-0.2, -0.15) is 0 Å². The van der Waals surface area contributed by atoms with Crippen LogP contribution in [-0.4, -0.2) is 43.2 Å². The Morgan fingerprint density at radius 1 is 1.08 bits per heavy atom. The van der Waals surface area contributed by atoms with E-state index < -0.39 is 0 Å². The molecule has 7 nitrogen and oxygen atoms in total. The summed E-state index contributed by atoms with van der Waals surface area (Å²) in [5.74, 6) is 1.68. The molecule has 0 saturated heterocycles. The standard InChI is InChI=1S/C18H24N4O3/c1-5-22(6-2)18-20-11-14(12-21-18)17(23)19-10-13-7-8-15(24-3)16(9-13)25-4/h7-9,11-12H,5-6,10H2,1-4H3,(H,19,23). The lowest BCUT2D eigenvalue weighted by molar-refractivity contribution is 0.0950. The molecular formula is C18H24N4O3. The van der Waals surface area contributed by atoms with Crippen LogP contribution >= 0.6 is 0 Å². The van der Waals surface area contributed by atoms with Crippen LogP contribution in [0.3, 0.4) is 0 Å². The Morgan fingerprint density at radius 3 is 2.28 bits per heavy atom. The molecule has 25 heavy (non-hydrogen) atoms.